The minimum atomic E-state index is -1.14. The second-order valence-electron chi connectivity index (χ2n) is 10.4. The van der Waals surface area contributed by atoms with Gasteiger partial charge in [-0.05, 0) is 35.8 Å². The number of amides is 3. The van der Waals surface area contributed by atoms with Gasteiger partial charge in [0.05, 0.1) is 6.04 Å². The van der Waals surface area contributed by atoms with E-state index in [9.17, 15) is 24.3 Å². The van der Waals surface area contributed by atoms with Crippen molar-refractivity contribution in [1.82, 2.24) is 16.0 Å². The normalized spacial score (nSPS) is 14.9. The zero-order chi connectivity index (χ0) is 28.9. The summed E-state index contributed by atoms with van der Waals surface area (Å²) in [4.78, 5) is 51.5. The molecule has 2 rings (SSSR count). The molecule has 0 saturated carbocycles. The molecule has 9 nitrogen and oxygen atoms in total. The Kier molecular flexibility index (Phi) is 12.6. The molecule has 0 fully saturated rings. The van der Waals surface area contributed by atoms with Crippen LogP contribution in [-0.4, -0.2) is 53.0 Å². The number of benzene rings is 2. The van der Waals surface area contributed by atoms with E-state index in [4.69, 9.17) is 5.73 Å². The van der Waals surface area contributed by atoms with Crippen molar-refractivity contribution >= 4 is 23.7 Å². The minimum Gasteiger partial charge on any atom is -0.480 e. The number of carboxylic acids is 1. The lowest BCUT2D eigenvalue weighted by Gasteiger charge is -2.27. The topological polar surface area (TPSA) is 151 Å². The molecule has 9 heteroatoms. The molecule has 0 radical (unpaired) electrons. The van der Waals surface area contributed by atoms with Gasteiger partial charge in [0, 0.05) is 6.42 Å². The highest BCUT2D eigenvalue weighted by Crippen LogP contribution is 2.12. The largest absolute Gasteiger partial charge is 0.480 e. The molecular weight excluding hydrogens is 496 g/mol. The second-order valence-corrected chi connectivity index (χ2v) is 10.4. The zero-order valence-electron chi connectivity index (χ0n) is 23.2. The molecule has 0 spiro atoms. The summed E-state index contributed by atoms with van der Waals surface area (Å²) in [6.45, 7) is 7.44. The van der Waals surface area contributed by atoms with Gasteiger partial charge in [-0.3, -0.25) is 14.4 Å². The van der Waals surface area contributed by atoms with Gasteiger partial charge in [0.1, 0.15) is 18.1 Å². The van der Waals surface area contributed by atoms with E-state index in [1.165, 1.54) is 0 Å². The Balaban J connectivity index is 2.21. The Bertz CT molecular complexity index is 1080. The molecule has 0 saturated heterocycles. The Labute approximate surface area is 230 Å². The maximum Gasteiger partial charge on any atom is 0.326 e. The van der Waals surface area contributed by atoms with Crippen LogP contribution in [-0.2, 0) is 32.0 Å². The van der Waals surface area contributed by atoms with Crippen LogP contribution in [0.2, 0.25) is 0 Å². The van der Waals surface area contributed by atoms with Gasteiger partial charge in [-0.2, -0.15) is 0 Å². The summed E-state index contributed by atoms with van der Waals surface area (Å²) < 4.78 is 0. The van der Waals surface area contributed by atoms with Crippen molar-refractivity contribution in [3.8, 4) is 0 Å². The van der Waals surface area contributed by atoms with Gasteiger partial charge >= 0.3 is 5.97 Å². The van der Waals surface area contributed by atoms with E-state index in [2.05, 4.69) is 16.0 Å². The Hall–Kier alpha value is -3.72. The van der Waals surface area contributed by atoms with Crippen LogP contribution in [0.1, 0.15) is 51.7 Å². The van der Waals surface area contributed by atoms with Crippen molar-refractivity contribution < 1.29 is 24.3 Å². The average Bonchev–Trinajstić information content (AvgIpc) is 2.91. The molecule has 2 aromatic rings. The van der Waals surface area contributed by atoms with Crippen molar-refractivity contribution in [2.75, 3.05) is 0 Å². The Morgan fingerprint density at radius 1 is 0.744 bits per heavy atom. The third kappa shape index (κ3) is 10.5. The highest BCUT2D eigenvalue weighted by Gasteiger charge is 2.32. The smallest absolute Gasteiger partial charge is 0.326 e. The number of hydrogen-bond acceptors (Lipinski definition) is 5. The van der Waals surface area contributed by atoms with Crippen LogP contribution >= 0.6 is 0 Å². The molecule has 6 N–H and O–H groups in total. The third-order valence-corrected chi connectivity index (χ3v) is 6.67. The van der Waals surface area contributed by atoms with Gasteiger partial charge in [0.15, 0.2) is 0 Å². The first kappa shape index (κ1) is 31.5. The fourth-order valence-electron chi connectivity index (χ4n) is 4.21. The lowest BCUT2D eigenvalue weighted by molar-refractivity contribution is -0.143. The van der Waals surface area contributed by atoms with Gasteiger partial charge in [-0.15, -0.1) is 0 Å². The number of carbonyl (C=O) groups is 4. The highest BCUT2D eigenvalue weighted by atomic mass is 16.4. The Morgan fingerprint density at radius 3 is 1.72 bits per heavy atom. The molecule has 3 amide bonds. The van der Waals surface area contributed by atoms with E-state index in [1.54, 1.807) is 6.92 Å². The van der Waals surface area contributed by atoms with Crippen molar-refractivity contribution in [3.63, 3.8) is 0 Å². The Morgan fingerprint density at radius 2 is 1.23 bits per heavy atom. The number of carboxylic acid groups (broad SMARTS) is 1. The van der Waals surface area contributed by atoms with Crippen molar-refractivity contribution in [3.05, 3.63) is 71.8 Å². The molecule has 5 atom stereocenters. The van der Waals surface area contributed by atoms with E-state index in [1.807, 2.05) is 81.4 Å². The summed E-state index contributed by atoms with van der Waals surface area (Å²) in [6, 6.07) is 14.6. The zero-order valence-corrected chi connectivity index (χ0v) is 23.2. The van der Waals surface area contributed by atoms with Gasteiger partial charge < -0.3 is 26.8 Å². The minimum absolute atomic E-state index is 0.0644. The third-order valence-electron chi connectivity index (χ3n) is 6.67. The van der Waals surface area contributed by atoms with E-state index in [0.717, 1.165) is 11.1 Å². The van der Waals surface area contributed by atoms with Gasteiger partial charge in [-0.1, -0.05) is 94.8 Å². The molecule has 0 bridgehead atoms. The van der Waals surface area contributed by atoms with Gasteiger partial charge in [-0.25, -0.2) is 4.79 Å². The molecule has 5 unspecified atom stereocenters. The van der Waals surface area contributed by atoms with Crippen molar-refractivity contribution in [2.45, 2.75) is 77.5 Å². The molecule has 0 aliphatic heterocycles. The van der Waals surface area contributed by atoms with Crippen LogP contribution in [0.15, 0.2) is 60.7 Å². The standard InChI is InChI=1S/C30H42N4O5/c1-5-20(4)26(30(38)39)34-29(37)25(18-22-14-10-7-11-15-22)33-28(36)24(16-19(2)3)32-27(35)23(31)17-21-12-8-6-9-13-21/h6-15,19-20,23-26H,5,16-18,31H2,1-4H3,(H,32,35)(H,33,36)(H,34,37)(H,38,39). The van der Waals surface area contributed by atoms with Gasteiger partial charge in [0.25, 0.3) is 0 Å². The fraction of sp³-hybridized carbons (Fsp3) is 0.467. The summed E-state index contributed by atoms with van der Waals surface area (Å²) in [5, 5.41) is 17.8. The first-order valence-corrected chi connectivity index (χ1v) is 13.5. The summed E-state index contributed by atoms with van der Waals surface area (Å²) >= 11 is 0. The molecular formula is C30H42N4O5. The summed E-state index contributed by atoms with van der Waals surface area (Å²) in [5.74, 6) is -2.98. The summed E-state index contributed by atoms with van der Waals surface area (Å²) in [5.41, 5.74) is 7.84. The fourth-order valence-corrected chi connectivity index (χ4v) is 4.21. The number of aliphatic carboxylic acids is 1. The molecule has 0 aromatic heterocycles. The SMILES string of the molecule is CCC(C)C(NC(=O)C(Cc1ccccc1)NC(=O)C(CC(C)C)NC(=O)C(N)Cc1ccccc1)C(=O)O. The van der Waals surface area contributed by atoms with Gasteiger partial charge in [0.2, 0.25) is 17.7 Å². The molecule has 0 heterocycles. The monoisotopic (exact) mass is 538 g/mol. The predicted octanol–water partition coefficient (Wildman–Crippen LogP) is 2.43. The lowest BCUT2D eigenvalue weighted by Crippen LogP contribution is -2.58. The average molecular weight is 539 g/mol. The van der Waals surface area contributed by atoms with E-state index in [0.29, 0.717) is 19.3 Å². The summed E-state index contributed by atoms with van der Waals surface area (Å²) in [7, 11) is 0. The van der Waals surface area contributed by atoms with Crippen LogP contribution in [0.3, 0.4) is 0 Å². The maximum absolute atomic E-state index is 13.4. The first-order chi connectivity index (χ1) is 18.5. The highest BCUT2D eigenvalue weighted by molar-refractivity contribution is 5.94. The number of hydrogen-bond donors (Lipinski definition) is 5. The van der Waals surface area contributed by atoms with E-state index in [-0.39, 0.29) is 18.3 Å². The van der Waals surface area contributed by atoms with Crippen molar-refractivity contribution in [1.29, 1.82) is 0 Å². The van der Waals surface area contributed by atoms with Crippen LogP contribution in [0.4, 0.5) is 0 Å². The number of carbonyl (C=O) groups excluding carboxylic acids is 3. The predicted molar refractivity (Wildman–Crippen MR) is 151 cm³/mol. The summed E-state index contributed by atoms with van der Waals surface area (Å²) in [6.07, 6.45) is 1.35. The van der Waals surface area contributed by atoms with Crippen LogP contribution in [0, 0.1) is 11.8 Å². The molecule has 0 aliphatic carbocycles. The van der Waals surface area contributed by atoms with Crippen LogP contribution < -0.4 is 21.7 Å². The molecule has 39 heavy (non-hydrogen) atoms. The number of rotatable bonds is 15. The molecule has 2 aromatic carbocycles. The second kappa shape index (κ2) is 15.6. The molecule has 0 aliphatic rings. The maximum atomic E-state index is 13.4. The number of nitrogens with two attached hydrogens (primary N) is 1. The van der Waals surface area contributed by atoms with E-state index >= 15 is 0 Å². The van der Waals surface area contributed by atoms with Crippen LogP contribution in [0.25, 0.3) is 0 Å². The van der Waals surface area contributed by atoms with Crippen LogP contribution in [0.5, 0.6) is 0 Å². The van der Waals surface area contributed by atoms with Crippen molar-refractivity contribution in [2.24, 2.45) is 17.6 Å². The quantitative estimate of drug-likeness (QED) is 0.235. The first-order valence-electron chi connectivity index (χ1n) is 13.5. The number of nitrogens with one attached hydrogen (secondary N) is 3. The van der Waals surface area contributed by atoms with E-state index < -0.39 is 47.9 Å². The molecule has 212 valence electrons. The lowest BCUT2D eigenvalue weighted by atomic mass is 9.97.